The van der Waals surface area contributed by atoms with E-state index in [1.807, 2.05) is 0 Å². The maximum absolute atomic E-state index is 11.7. The Kier molecular flexibility index (Phi) is 5.08. The smallest absolute Gasteiger partial charge is 0.411 e. The lowest BCUT2D eigenvalue weighted by Gasteiger charge is -2.05. The molecule has 0 saturated carbocycles. The van der Waals surface area contributed by atoms with Gasteiger partial charge in [-0.25, -0.2) is 0 Å². The van der Waals surface area contributed by atoms with Crippen LogP contribution in [0.4, 0.5) is 13.2 Å². The Hall–Kier alpha value is -1.64. The molecule has 0 bridgehead atoms. The highest BCUT2D eigenvalue weighted by atomic mass is 19.4. The van der Waals surface area contributed by atoms with Crippen LogP contribution in [0.25, 0.3) is 0 Å². The highest BCUT2D eigenvalue weighted by molar-refractivity contribution is 5.66. The average Bonchev–Trinajstić information content (AvgIpc) is 2.68. The van der Waals surface area contributed by atoms with Gasteiger partial charge in [-0.15, -0.1) is 10.2 Å². The number of aromatic nitrogens is 2. The number of carboxylic acids is 1. The van der Waals surface area contributed by atoms with Crippen LogP contribution in [0, 0.1) is 0 Å². The van der Waals surface area contributed by atoms with Crippen LogP contribution in [0.2, 0.25) is 0 Å². The molecule has 0 saturated heterocycles. The fraction of sp³-hybridized carbons (Fsp3) is 0.667. The van der Waals surface area contributed by atoms with Crippen LogP contribution in [0.5, 0.6) is 0 Å². The lowest BCUT2D eigenvalue weighted by atomic mass is 10.3. The van der Waals surface area contributed by atoms with Gasteiger partial charge in [-0.05, 0) is 0 Å². The van der Waals surface area contributed by atoms with Gasteiger partial charge < -0.3 is 14.3 Å². The number of nitrogens with zero attached hydrogens (tertiary/aromatic N) is 2. The Balaban J connectivity index is 2.25. The molecule has 1 heterocycles. The van der Waals surface area contributed by atoms with E-state index in [-0.39, 0.29) is 37.7 Å². The van der Waals surface area contributed by atoms with Crippen LogP contribution in [0.15, 0.2) is 4.42 Å². The van der Waals surface area contributed by atoms with Crippen LogP contribution in [-0.4, -0.2) is 40.7 Å². The molecule has 0 aromatic carbocycles. The monoisotopic (exact) mass is 268 g/mol. The molecule has 18 heavy (non-hydrogen) atoms. The molecule has 1 aromatic rings. The zero-order valence-electron chi connectivity index (χ0n) is 9.24. The summed E-state index contributed by atoms with van der Waals surface area (Å²) in [6.45, 7) is -1.52. The van der Waals surface area contributed by atoms with Crippen LogP contribution in [0.1, 0.15) is 18.2 Å². The maximum Gasteiger partial charge on any atom is 0.411 e. The minimum atomic E-state index is -4.36. The molecule has 0 unspecified atom stereocenters. The summed E-state index contributed by atoms with van der Waals surface area (Å²) in [5.74, 6) is -0.732. The molecule has 0 fully saturated rings. The van der Waals surface area contributed by atoms with Crippen molar-refractivity contribution >= 4 is 5.97 Å². The van der Waals surface area contributed by atoms with E-state index in [1.54, 1.807) is 0 Å². The van der Waals surface area contributed by atoms with Gasteiger partial charge in [0.15, 0.2) is 0 Å². The van der Waals surface area contributed by atoms with Crippen molar-refractivity contribution in [3.8, 4) is 0 Å². The molecule has 0 atom stereocenters. The second kappa shape index (κ2) is 6.34. The molecule has 0 aliphatic rings. The first-order valence-electron chi connectivity index (χ1n) is 5.04. The molecule has 0 spiro atoms. The van der Waals surface area contributed by atoms with E-state index < -0.39 is 18.8 Å². The molecular weight excluding hydrogens is 257 g/mol. The van der Waals surface area contributed by atoms with Crippen LogP contribution >= 0.6 is 0 Å². The Labute approximate surface area is 99.8 Å². The summed E-state index contributed by atoms with van der Waals surface area (Å²) in [6, 6.07) is 0. The van der Waals surface area contributed by atoms with E-state index in [0.717, 1.165) is 0 Å². The van der Waals surface area contributed by atoms with Crippen molar-refractivity contribution in [1.29, 1.82) is 0 Å². The predicted molar refractivity (Wildman–Crippen MR) is 50.8 cm³/mol. The number of hydrogen-bond donors (Lipinski definition) is 1. The average molecular weight is 268 g/mol. The normalized spacial score (nSPS) is 11.7. The van der Waals surface area contributed by atoms with Gasteiger partial charge in [-0.3, -0.25) is 4.79 Å². The topological polar surface area (TPSA) is 85.5 Å². The zero-order valence-corrected chi connectivity index (χ0v) is 9.24. The molecule has 9 heteroatoms. The molecule has 1 aromatic heterocycles. The molecular formula is C9H11F3N2O4. The van der Waals surface area contributed by atoms with Crippen molar-refractivity contribution in [2.24, 2.45) is 0 Å². The SMILES string of the molecule is O=C(O)CCc1nnc(CCOCC(F)(F)F)o1. The molecule has 0 amide bonds. The van der Waals surface area contributed by atoms with E-state index in [0.29, 0.717) is 0 Å². The summed E-state index contributed by atoms with van der Waals surface area (Å²) in [4.78, 5) is 10.3. The van der Waals surface area contributed by atoms with E-state index in [2.05, 4.69) is 14.9 Å². The quantitative estimate of drug-likeness (QED) is 0.748. The van der Waals surface area contributed by atoms with Crippen LogP contribution in [-0.2, 0) is 22.4 Å². The molecule has 0 aliphatic heterocycles. The third-order valence-electron chi connectivity index (χ3n) is 1.79. The number of aryl methyl sites for hydroxylation is 1. The van der Waals surface area contributed by atoms with Crippen molar-refractivity contribution in [1.82, 2.24) is 10.2 Å². The maximum atomic E-state index is 11.7. The Morgan fingerprint density at radius 2 is 1.89 bits per heavy atom. The minimum absolute atomic E-state index is 0.0517. The number of carboxylic acid groups (broad SMARTS) is 1. The van der Waals surface area contributed by atoms with Gasteiger partial charge in [0.25, 0.3) is 0 Å². The molecule has 0 aliphatic carbocycles. The summed E-state index contributed by atoms with van der Waals surface area (Å²) in [5.41, 5.74) is 0. The molecule has 1 N–H and O–H groups in total. The summed E-state index contributed by atoms with van der Waals surface area (Å²) in [5, 5.41) is 15.5. The Bertz CT molecular complexity index is 391. The largest absolute Gasteiger partial charge is 0.481 e. The van der Waals surface area contributed by atoms with Crippen molar-refractivity contribution < 1.29 is 32.2 Å². The van der Waals surface area contributed by atoms with E-state index >= 15 is 0 Å². The lowest BCUT2D eigenvalue weighted by Crippen LogP contribution is -2.18. The fourth-order valence-corrected chi connectivity index (χ4v) is 1.05. The van der Waals surface area contributed by atoms with Crippen molar-refractivity contribution in [2.75, 3.05) is 13.2 Å². The number of hydrogen-bond acceptors (Lipinski definition) is 5. The van der Waals surface area contributed by atoms with E-state index in [1.165, 1.54) is 0 Å². The molecule has 1 rings (SSSR count). The van der Waals surface area contributed by atoms with Gasteiger partial charge in [-0.1, -0.05) is 0 Å². The third kappa shape index (κ3) is 6.18. The molecule has 6 nitrogen and oxygen atoms in total. The van der Waals surface area contributed by atoms with E-state index in [9.17, 15) is 18.0 Å². The van der Waals surface area contributed by atoms with Crippen molar-refractivity contribution in [2.45, 2.75) is 25.4 Å². The fourth-order valence-electron chi connectivity index (χ4n) is 1.05. The third-order valence-corrected chi connectivity index (χ3v) is 1.79. The first-order valence-corrected chi connectivity index (χ1v) is 5.04. The van der Waals surface area contributed by atoms with Gasteiger partial charge in [0, 0.05) is 12.8 Å². The highest BCUT2D eigenvalue weighted by Crippen LogP contribution is 2.14. The Morgan fingerprint density at radius 3 is 2.44 bits per heavy atom. The second-order valence-corrected chi connectivity index (χ2v) is 3.40. The molecule has 102 valence electrons. The van der Waals surface area contributed by atoms with Gasteiger partial charge in [0.05, 0.1) is 13.0 Å². The van der Waals surface area contributed by atoms with E-state index in [4.69, 9.17) is 9.52 Å². The molecule has 0 radical (unpaired) electrons. The van der Waals surface area contributed by atoms with Gasteiger partial charge in [-0.2, -0.15) is 13.2 Å². The summed E-state index contributed by atoms with van der Waals surface area (Å²) in [7, 11) is 0. The number of alkyl halides is 3. The summed E-state index contributed by atoms with van der Waals surface area (Å²) < 4.78 is 44.6. The van der Waals surface area contributed by atoms with Crippen LogP contribution < -0.4 is 0 Å². The van der Waals surface area contributed by atoms with Gasteiger partial charge >= 0.3 is 12.1 Å². The summed E-state index contributed by atoms with van der Waals surface area (Å²) in [6.07, 6.45) is -4.37. The standard InChI is InChI=1S/C9H11F3N2O4/c10-9(11,12)5-17-4-3-7-14-13-6(18-7)1-2-8(15)16/h1-5H2,(H,15,16). The first-order chi connectivity index (χ1) is 8.37. The van der Waals surface area contributed by atoms with Crippen molar-refractivity contribution in [3.63, 3.8) is 0 Å². The first kappa shape index (κ1) is 14.4. The number of ether oxygens (including phenoxy) is 1. The van der Waals surface area contributed by atoms with Gasteiger partial charge in [0.1, 0.15) is 6.61 Å². The number of rotatable bonds is 7. The number of aliphatic carboxylic acids is 1. The predicted octanol–water partition coefficient (Wildman–Crippen LogP) is 1.21. The lowest BCUT2D eigenvalue weighted by molar-refractivity contribution is -0.173. The highest BCUT2D eigenvalue weighted by Gasteiger charge is 2.27. The number of carbonyl (C=O) groups is 1. The zero-order chi connectivity index (χ0) is 13.6. The number of halogens is 3. The minimum Gasteiger partial charge on any atom is -0.481 e. The Morgan fingerprint density at radius 1 is 1.28 bits per heavy atom. The van der Waals surface area contributed by atoms with Crippen LogP contribution in [0.3, 0.4) is 0 Å². The van der Waals surface area contributed by atoms with Gasteiger partial charge in [0.2, 0.25) is 11.8 Å². The van der Waals surface area contributed by atoms with Crippen molar-refractivity contribution in [3.05, 3.63) is 11.8 Å². The summed E-state index contributed by atoms with van der Waals surface area (Å²) >= 11 is 0. The second-order valence-electron chi connectivity index (χ2n) is 3.40.